The Morgan fingerprint density at radius 3 is 2.21 bits per heavy atom. The summed E-state index contributed by atoms with van der Waals surface area (Å²) in [6, 6.07) is 0. The number of hydrogen-bond acceptors (Lipinski definition) is 10. The average molecular weight is 481 g/mol. The van der Waals surface area contributed by atoms with Crippen molar-refractivity contribution in [2.75, 3.05) is 0 Å². The molecule has 5 aliphatic rings. The van der Waals surface area contributed by atoms with Crippen molar-refractivity contribution in [1.29, 1.82) is 0 Å². The minimum atomic E-state index is -1.42. The van der Waals surface area contributed by atoms with E-state index in [4.69, 9.17) is 23.7 Å². The lowest BCUT2D eigenvalue weighted by Crippen LogP contribution is -2.66. The van der Waals surface area contributed by atoms with Crippen molar-refractivity contribution in [2.45, 2.75) is 108 Å². The number of hydrogen-bond donors (Lipinski definition) is 2. The zero-order valence-corrected chi connectivity index (χ0v) is 20.2. The number of aliphatic hydroxyl groups excluding tert-OH is 2. The van der Waals surface area contributed by atoms with Crippen LogP contribution in [0.5, 0.6) is 0 Å². The van der Waals surface area contributed by atoms with E-state index in [1.165, 1.54) is 13.8 Å². The molecule has 0 aromatic rings. The van der Waals surface area contributed by atoms with Crippen molar-refractivity contribution >= 4 is 17.9 Å². The third-order valence-electron chi connectivity index (χ3n) is 8.95. The van der Waals surface area contributed by atoms with Gasteiger partial charge in [-0.3, -0.25) is 9.59 Å². The van der Waals surface area contributed by atoms with Crippen LogP contribution in [0.3, 0.4) is 0 Å². The predicted octanol–water partition coefficient (Wildman–Crippen LogP) is 0.558. The zero-order chi connectivity index (χ0) is 25.0. The fraction of sp³-hybridized carbons (Fsp3) is 0.792. The van der Waals surface area contributed by atoms with E-state index in [0.717, 1.165) is 0 Å². The van der Waals surface area contributed by atoms with Gasteiger partial charge in [-0.15, -0.1) is 0 Å². The monoisotopic (exact) mass is 480 g/mol. The molecule has 0 unspecified atom stereocenters. The van der Waals surface area contributed by atoms with Gasteiger partial charge in [-0.25, -0.2) is 4.79 Å². The van der Waals surface area contributed by atoms with Gasteiger partial charge in [0.05, 0.1) is 29.3 Å². The molecule has 1 spiro atoms. The summed E-state index contributed by atoms with van der Waals surface area (Å²) in [6.45, 7) is 9.44. The first-order valence-corrected chi connectivity index (χ1v) is 11.7. The molecular weight excluding hydrogens is 448 g/mol. The van der Waals surface area contributed by atoms with Gasteiger partial charge >= 0.3 is 17.9 Å². The molecule has 0 amide bonds. The van der Waals surface area contributed by atoms with E-state index in [9.17, 15) is 24.6 Å². The fourth-order valence-electron chi connectivity index (χ4n) is 6.97. The van der Waals surface area contributed by atoms with E-state index >= 15 is 0 Å². The van der Waals surface area contributed by atoms with E-state index in [2.05, 4.69) is 0 Å². The topological polar surface area (TPSA) is 144 Å². The molecule has 0 radical (unpaired) electrons. The summed E-state index contributed by atoms with van der Waals surface area (Å²) >= 11 is 0. The van der Waals surface area contributed by atoms with Crippen LogP contribution < -0.4 is 0 Å². The Labute approximate surface area is 197 Å². The van der Waals surface area contributed by atoms with Crippen LogP contribution >= 0.6 is 0 Å². The van der Waals surface area contributed by atoms with Gasteiger partial charge in [0, 0.05) is 32.6 Å². The Bertz CT molecular complexity index is 992. The lowest BCUT2D eigenvalue weighted by molar-refractivity contribution is -0.208. The molecule has 4 fully saturated rings. The highest BCUT2D eigenvalue weighted by atomic mass is 16.7. The van der Waals surface area contributed by atoms with Crippen LogP contribution in [-0.4, -0.2) is 81.5 Å². The first kappa shape index (κ1) is 23.7. The van der Waals surface area contributed by atoms with Crippen LogP contribution in [0.4, 0.5) is 0 Å². The zero-order valence-electron chi connectivity index (χ0n) is 20.2. The molecule has 188 valence electrons. The standard InChI is InChI=1S/C24H32O10/c1-10-7-17-24(23(6,34-24)20(29)32-17)19(28)18-21(4,14(8-13(10)27)30-11(2)25)15(31-12(3)26)9-16-22(18,5)33-16/h7,13-19,27-28H,8-9H2,1-6H3/b10-7-/t13-,14+,15+,16+,17+,18-,19+,21+,22+,23+,24+/m1/s1. The van der Waals surface area contributed by atoms with Crippen LogP contribution in [0.25, 0.3) is 0 Å². The van der Waals surface area contributed by atoms with Crippen molar-refractivity contribution in [3.63, 3.8) is 0 Å². The highest BCUT2D eigenvalue weighted by molar-refractivity contribution is 5.89. The molecule has 10 nitrogen and oxygen atoms in total. The van der Waals surface area contributed by atoms with Gasteiger partial charge in [-0.2, -0.15) is 0 Å². The summed E-state index contributed by atoms with van der Waals surface area (Å²) < 4.78 is 29.2. The largest absolute Gasteiger partial charge is 0.462 e. The number of aliphatic hydroxyl groups is 2. The van der Waals surface area contributed by atoms with Crippen molar-refractivity contribution in [3.05, 3.63) is 11.6 Å². The molecule has 3 saturated heterocycles. The first-order chi connectivity index (χ1) is 15.7. The quantitative estimate of drug-likeness (QED) is 0.249. The third kappa shape index (κ3) is 2.85. The Morgan fingerprint density at radius 1 is 1.06 bits per heavy atom. The molecule has 2 N–H and O–H groups in total. The molecular formula is C24H32O10. The second-order valence-corrected chi connectivity index (χ2v) is 10.9. The fourth-order valence-corrected chi connectivity index (χ4v) is 6.97. The highest BCUT2D eigenvalue weighted by Gasteiger charge is 2.88. The van der Waals surface area contributed by atoms with E-state index in [-0.39, 0.29) is 12.5 Å². The average Bonchev–Trinajstić information content (AvgIpc) is 3.55. The molecule has 10 heteroatoms. The molecule has 3 heterocycles. The number of rotatable bonds is 2. The molecule has 0 aromatic carbocycles. The van der Waals surface area contributed by atoms with E-state index in [1.807, 2.05) is 6.92 Å². The Balaban J connectivity index is 1.72. The normalized spacial score (nSPS) is 54.6. The second kappa shape index (κ2) is 7.02. The van der Waals surface area contributed by atoms with Crippen molar-refractivity contribution < 1.29 is 48.3 Å². The molecule has 2 aliphatic carbocycles. The third-order valence-corrected chi connectivity index (χ3v) is 8.95. The molecule has 34 heavy (non-hydrogen) atoms. The summed E-state index contributed by atoms with van der Waals surface area (Å²) in [5.41, 5.74) is -4.37. The number of fused-ring (bicyclic) bond motifs is 3. The summed E-state index contributed by atoms with van der Waals surface area (Å²) in [5.74, 6) is -2.48. The van der Waals surface area contributed by atoms with Crippen molar-refractivity contribution in [2.24, 2.45) is 11.3 Å². The van der Waals surface area contributed by atoms with Gasteiger partial charge in [0.25, 0.3) is 0 Å². The van der Waals surface area contributed by atoms with E-state index < -0.39 is 76.6 Å². The van der Waals surface area contributed by atoms with Gasteiger partial charge in [0.2, 0.25) is 0 Å². The maximum atomic E-state index is 12.7. The summed E-state index contributed by atoms with van der Waals surface area (Å²) in [4.78, 5) is 37.0. The Morgan fingerprint density at radius 2 is 1.65 bits per heavy atom. The molecule has 0 bridgehead atoms. The van der Waals surface area contributed by atoms with Crippen LogP contribution in [0.2, 0.25) is 0 Å². The summed E-state index contributed by atoms with van der Waals surface area (Å²) in [6.07, 6.45) is -3.41. The number of ether oxygens (including phenoxy) is 5. The van der Waals surface area contributed by atoms with Crippen molar-refractivity contribution in [1.82, 2.24) is 0 Å². The van der Waals surface area contributed by atoms with E-state index in [1.54, 1.807) is 26.8 Å². The summed E-state index contributed by atoms with van der Waals surface area (Å²) in [5, 5.41) is 23.1. The van der Waals surface area contributed by atoms with Crippen LogP contribution in [0, 0.1) is 11.3 Å². The highest BCUT2D eigenvalue weighted by Crippen LogP contribution is 2.68. The maximum absolute atomic E-state index is 12.7. The lowest BCUT2D eigenvalue weighted by Gasteiger charge is -2.53. The Kier molecular flexibility index (Phi) is 4.90. The van der Waals surface area contributed by atoms with Crippen LogP contribution in [0.15, 0.2) is 11.6 Å². The number of carbonyl (C=O) groups is 3. The number of epoxide rings is 2. The molecule has 3 aliphatic heterocycles. The smallest absolute Gasteiger partial charge is 0.342 e. The van der Waals surface area contributed by atoms with Gasteiger partial charge in [-0.05, 0) is 32.4 Å². The molecule has 1 saturated carbocycles. The minimum absolute atomic E-state index is 0.00800. The first-order valence-electron chi connectivity index (χ1n) is 11.7. The van der Waals surface area contributed by atoms with Crippen molar-refractivity contribution in [3.8, 4) is 0 Å². The molecule has 11 atom stereocenters. The number of esters is 3. The minimum Gasteiger partial charge on any atom is -0.462 e. The second-order valence-electron chi connectivity index (χ2n) is 10.9. The van der Waals surface area contributed by atoms with Gasteiger partial charge in [-0.1, -0.05) is 6.92 Å². The summed E-state index contributed by atoms with van der Waals surface area (Å²) in [7, 11) is 0. The van der Waals surface area contributed by atoms with Crippen LogP contribution in [0.1, 0.15) is 54.4 Å². The number of carbonyl (C=O) groups excluding carboxylic acids is 3. The van der Waals surface area contributed by atoms with Gasteiger partial charge < -0.3 is 33.9 Å². The maximum Gasteiger partial charge on any atom is 0.342 e. The van der Waals surface area contributed by atoms with Gasteiger partial charge in [0.1, 0.15) is 12.2 Å². The van der Waals surface area contributed by atoms with E-state index in [0.29, 0.717) is 12.0 Å². The molecule has 0 aromatic heterocycles. The molecule has 5 rings (SSSR count). The lowest BCUT2D eigenvalue weighted by atomic mass is 9.53. The Hall–Kier alpha value is -2.01. The van der Waals surface area contributed by atoms with Crippen LogP contribution in [-0.2, 0) is 38.1 Å². The SMILES string of the molecule is CC(=O)O[C@H]1C[C@@H](O)/C(C)=C\[C@@H]2OC(=O)[C@]3(C)O[C@]23[C@@H](O)[C@H]2[C@@]3(C)O[C@H]3C[C@H](OC(C)=O)[C@]12C. The predicted molar refractivity (Wildman–Crippen MR) is 113 cm³/mol. The van der Waals surface area contributed by atoms with Gasteiger partial charge in [0.15, 0.2) is 17.3 Å².